The van der Waals surface area contributed by atoms with Crippen LogP contribution in [0.4, 0.5) is 0 Å². The first-order valence-electron chi connectivity index (χ1n) is 6.76. The van der Waals surface area contributed by atoms with Gasteiger partial charge in [-0.1, -0.05) is 26.2 Å². The summed E-state index contributed by atoms with van der Waals surface area (Å²) in [6.45, 7) is 5.80. The zero-order valence-electron chi connectivity index (χ0n) is 10.7. The minimum absolute atomic E-state index is 0.165. The van der Waals surface area contributed by atoms with Crippen LogP contribution >= 0.6 is 0 Å². The molecule has 0 aliphatic heterocycles. The van der Waals surface area contributed by atoms with Gasteiger partial charge in [0.15, 0.2) is 0 Å². The van der Waals surface area contributed by atoms with Gasteiger partial charge in [0.25, 0.3) is 0 Å². The van der Waals surface area contributed by atoms with Crippen molar-refractivity contribution in [3.63, 3.8) is 0 Å². The minimum Gasteiger partial charge on any atom is -0.356 e. The molecule has 1 aliphatic rings. The summed E-state index contributed by atoms with van der Waals surface area (Å²) in [5.41, 5.74) is 0. The van der Waals surface area contributed by atoms with Gasteiger partial charge in [-0.3, -0.25) is 4.79 Å². The molecule has 0 aromatic heterocycles. The van der Waals surface area contributed by atoms with E-state index < -0.39 is 0 Å². The molecular formula is C13H26N2O. The molecule has 2 atom stereocenters. The van der Waals surface area contributed by atoms with Crippen molar-refractivity contribution in [1.29, 1.82) is 0 Å². The fraction of sp³-hybridized carbons (Fsp3) is 0.923. The van der Waals surface area contributed by atoms with E-state index in [0.29, 0.717) is 12.5 Å². The summed E-state index contributed by atoms with van der Waals surface area (Å²) < 4.78 is 0. The van der Waals surface area contributed by atoms with Crippen LogP contribution in [-0.2, 0) is 4.79 Å². The van der Waals surface area contributed by atoms with Gasteiger partial charge in [-0.25, -0.2) is 0 Å². The Labute approximate surface area is 99.4 Å². The van der Waals surface area contributed by atoms with Crippen molar-refractivity contribution in [3.8, 4) is 0 Å². The predicted octanol–water partition coefficient (Wildman–Crippen LogP) is 2.07. The van der Waals surface area contributed by atoms with Crippen LogP contribution in [0.3, 0.4) is 0 Å². The average Bonchev–Trinajstić information content (AvgIpc) is 2.30. The van der Waals surface area contributed by atoms with Gasteiger partial charge in [-0.2, -0.15) is 0 Å². The van der Waals surface area contributed by atoms with Crippen LogP contribution in [0.15, 0.2) is 0 Å². The normalized spacial score (nSPS) is 25.4. The quantitative estimate of drug-likeness (QED) is 0.728. The molecule has 0 aromatic carbocycles. The Morgan fingerprint density at radius 1 is 1.31 bits per heavy atom. The molecule has 0 radical (unpaired) electrons. The molecule has 0 bridgehead atoms. The lowest BCUT2D eigenvalue weighted by molar-refractivity contribution is -0.120. The largest absolute Gasteiger partial charge is 0.356 e. The van der Waals surface area contributed by atoms with Crippen LogP contribution in [0.1, 0.15) is 52.4 Å². The third-order valence-electron chi connectivity index (χ3n) is 3.52. The zero-order valence-corrected chi connectivity index (χ0v) is 10.7. The number of carbonyl (C=O) groups is 1. The molecule has 94 valence electrons. The Hall–Kier alpha value is -0.570. The highest BCUT2D eigenvalue weighted by atomic mass is 16.1. The molecule has 0 heterocycles. The smallest absolute Gasteiger partial charge is 0.221 e. The number of hydrogen-bond donors (Lipinski definition) is 2. The molecule has 1 aliphatic carbocycles. The molecule has 0 spiro atoms. The molecule has 1 amide bonds. The Morgan fingerprint density at radius 3 is 2.81 bits per heavy atom. The summed E-state index contributed by atoms with van der Waals surface area (Å²) in [6.07, 6.45) is 7.23. The predicted molar refractivity (Wildman–Crippen MR) is 67.3 cm³/mol. The van der Waals surface area contributed by atoms with Gasteiger partial charge in [-0.05, 0) is 25.7 Å². The average molecular weight is 226 g/mol. The standard InChI is InChI=1S/C13H26N2O/c1-3-11-6-5-7-12(10-11)15-9-8-13(16)14-4-2/h11-12,15H,3-10H2,1-2H3,(H,14,16). The van der Waals surface area contributed by atoms with Crippen molar-refractivity contribution in [2.75, 3.05) is 13.1 Å². The molecule has 0 aromatic rings. The zero-order chi connectivity index (χ0) is 11.8. The number of amides is 1. The minimum atomic E-state index is 0.165. The van der Waals surface area contributed by atoms with Crippen molar-refractivity contribution in [2.45, 2.75) is 58.4 Å². The van der Waals surface area contributed by atoms with E-state index in [2.05, 4.69) is 17.6 Å². The Balaban J connectivity index is 2.10. The SMILES string of the molecule is CCNC(=O)CCNC1CCCC(CC)C1. The van der Waals surface area contributed by atoms with Gasteiger partial charge in [0.2, 0.25) is 5.91 Å². The van der Waals surface area contributed by atoms with E-state index in [9.17, 15) is 4.79 Å². The maximum Gasteiger partial charge on any atom is 0.221 e. The van der Waals surface area contributed by atoms with Crippen LogP contribution in [0, 0.1) is 5.92 Å². The second kappa shape index (κ2) is 7.66. The number of rotatable bonds is 6. The third-order valence-corrected chi connectivity index (χ3v) is 3.52. The highest BCUT2D eigenvalue weighted by Crippen LogP contribution is 2.26. The number of hydrogen-bond acceptors (Lipinski definition) is 2. The summed E-state index contributed by atoms with van der Waals surface area (Å²) in [5, 5.41) is 6.34. The lowest BCUT2D eigenvalue weighted by atomic mass is 9.84. The molecule has 3 nitrogen and oxygen atoms in total. The van der Waals surface area contributed by atoms with Gasteiger partial charge >= 0.3 is 0 Å². The molecular weight excluding hydrogens is 200 g/mol. The van der Waals surface area contributed by atoms with Crippen molar-refractivity contribution in [3.05, 3.63) is 0 Å². The third kappa shape index (κ3) is 4.97. The van der Waals surface area contributed by atoms with Crippen molar-refractivity contribution >= 4 is 5.91 Å². The van der Waals surface area contributed by atoms with Crippen LogP contribution < -0.4 is 10.6 Å². The van der Waals surface area contributed by atoms with Crippen molar-refractivity contribution in [1.82, 2.24) is 10.6 Å². The summed E-state index contributed by atoms with van der Waals surface area (Å²) in [7, 11) is 0. The molecule has 1 fully saturated rings. The van der Waals surface area contributed by atoms with E-state index in [4.69, 9.17) is 0 Å². The molecule has 1 saturated carbocycles. The van der Waals surface area contributed by atoms with Crippen LogP contribution in [0.5, 0.6) is 0 Å². The molecule has 2 unspecified atom stereocenters. The van der Waals surface area contributed by atoms with E-state index >= 15 is 0 Å². The fourth-order valence-electron chi connectivity index (χ4n) is 2.52. The molecule has 0 saturated heterocycles. The van der Waals surface area contributed by atoms with Crippen LogP contribution in [0.2, 0.25) is 0 Å². The maximum absolute atomic E-state index is 11.3. The maximum atomic E-state index is 11.3. The Kier molecular flexibility index (Phi) is 6.46. The first-order valence-corrected chi connectivity index (χ1v) is 6.76. The topological polar surface area (TPSA) is 41.1 Å². The van der Waals surface area contributed by atoms with E-state index in [-0.39, 0.29) is 5.91 Å². The van der Waals surface area contributed by atoms with Gasteiger partial charge in [-0.15, -0.1) is 0 Å². The summed E-state index contributed by atoms with van der Waals surface area (Å²) >= 11 is 0. The second-order valence-corrected chi connectivity index (χ2v) is 4.80. The lowest BCUT2D eigenvalue weighted by Gasteiger charge is -2.29. The van der Waals surface area contributed by atoms with Crippen LogP contribution in [-0.4, -0.2) is 25.0 Å². The van der Waals surface area contributed by atoms with Gasteiger partial charge in [0, 0.05) is 25.6 Å². The van der Waals surface area contributed by atoms with E-state index in [1.54, 1.807) is 0 Å². The summed E-state index contributed by atoms with van der Waals surface area (Å²) in [5.74, 6) is 1.06. The molecule has 1 rings (SSSR count). The van der Waals surface area contributed by atoms with E-state index in [1.165, 1.54) is 32.1 Å². The fourth-order valence-corrected chi connectivity index (χ4v) is 2.52. The van der Waals surface area contributed by atoms with E-state index in [0.717, 1.165) is 19.0 Å². The highest BCUT2D eigenvalue weighted by Gasteiger charge is 2.19. The monoisotopic (exact) mass is 226 g/mol. The molecule has 3 heteroatoms. The highest BCUT2D eigenvalue weighted by molar-refractivity contribution is 5.75. The Morgan fingerprint density at radius 2 is 2.12 bits per heavy atom. The number of nitrogens with one attached hydrogen (secondary N) is 2. The summed E-state index contributed by atoms with van der Waals surface area (Å²) in [4.78, 5) is 11.3. The van der Waals surface area contributed by atoms with Gasteiger partial charge < -0.3 is 10.6 Å². The molecule has 2 N–H and O–H groups in total. The summed E-state index contributed by atoms with van der Waals surface area (Å²) in [6, 6.07) is 0.646. The Bertz CT molecular complexity index is 206. The molecule has 16 heavy (non-hydrogen) atoms. The first-order chi connectivity index (χ1) is 7.76. The lowest BCUT2D eigenvalue weighted by Crippen LogP contribution is -2.36. The number of carbonyl (C=O) groups excluding carboxylic acids is 1. The second-order valence-electron chi connectivity index (χ2n) is 4.80. The van der Waals surface area contributed by atoms with E-state index in [1.807, 2.05) is 6.92 Å². The van der Waals surface area contributed by atoms with Crippen molar-refractivity contribution < 1.29 is 4.79 Å². The first kappa shape index (κ1) is 13.5. The van der Waals surface area contributed by atoms with Crippen LogP contribution in [0.25, 0.3) is 0 Å². The van der Waals surface area contributed by atoms with Gasteiger partial charge in [0.1, 0.15) is 0 Å². The van der Waals surface area contributed by atoms with Gasteiger partial charge in [0.05, 0.1) is 0 Å². The van der Waals surface area contributed by atoms with Crippen molar-refractivity contribution in [2.24, 2.45) is 5.92 Å².